The number of amides is 1. The minimum absolute atomic E-state index is 0.0162. The van der Waals surface area contributed by atoms with Gasteiger partial charge in [-0.3, -0.25) is 9.59 Å². The molecule has 0 unspecified atom stereocenters. The van der Waals surface area contributed by atoms with Gasteiger partial charge in [0, 0.05) is 24.7 Å². The molecule has 0 saturated heterocycles. The van der Waals surface area contributed by atoms with Crippen molar-refractivity contribution in [3.8, 4) is 0 Å². The highest BCUT2D eigenvalue weighted by Crippen LogP contribution is 2.24. The fraction of sp³-hybridized carbons (Fsp3) is 0.318. The molecule has 2 aromatic heterocycles. The summed E-state index contributed by atoms with van der Waals surface area (Å²) >= 11 is 0. The number of fused-ring (bicyclic) bond motifs is 1. The Balaban J connectivity index is 1.78. The number of aromatic nitrogens is 4. The van der Waals surface area contributed by atoms with Gasteiger partial charge in [0.2, 0.25) is 5.95 Å². The normalized spacial score (nSPS) is 11.7. The summed E-state index contributed by atoms with van der Waals surface area (Å²) in [5, 5.41) is 20.5. The van der Waals surface area contributed by atoms with Gasteiger partial charge in [0.05, 0.1) is 18.4 Å². The lowest BCUT2D eigenvalue weighted by atomic mass is 10.0. The van der Waals surface area contributed by atoms with Crippen LogP contribution in [0.1, 0.15) is 41.4 Å². The van der Waals surface area contributed by atoms with Gasteiger partial charge in [0.15, 0.2) is 17.0 Å². The summed E-state index contributed by atoms with van der Waals surface area (Å²) in [5.74, 6) is -2.88. The smallest absolute Gasteiger partial charge is 0.326 e. The van der Waals surface area contributed by atoms with Crippen LogP contribution in [0, 0.1) is 0 Å². The number of carbonyl (C=O) groups is 3. The van der Waals surface area contributed by atoms with Gasteiger partial charge in [-0.05, 0) is 36.6 Å². The van der Waals surface area contributed by atoms with E-state index in [1.807, 2.05) is 18.9 Å². The molecular formula is C22H26N8O5. The molecule has 0 aliphatic heterocycles. The van der Waals surface area contributed by atoms with Crippen LogP contribution in [-0.4, -0.2) is 61.1 Å². The van der Waals surface area contributed by atoms with Gasteiger partial charge in [-0.15, -0.1) is 0 Å². The molecule has 1 atom stereocenters. The predicted octanol–water partition coefficient (Wildman–Crippen LogP) is 0.831. The number of rotatable bonds is 10. The summed E-state index contributed by atoms with van der Waals surface area (Å²) in [6, 6.07) is 3.71. The van der Waals surface area contributed by atoms with Crippen LogP contribution >= 0.6 is 0 Å². The van der Waals surface area contributed by atoms with Crippen molar-refractivity contribution in [2.24, 2.45) is 0 Å². The van der Waals surface area contributed by atoms with E-state index in [2.05, 4.69) is 25.3 Å². The van der Waals surface area contributed by atoms with E-state index in [0.29, 0.717) is 29.8 Å². The van der Waals surface area contributed by atoms with E-state index < -0.39 is 23.9 Å². The molecule has 0 saturated carbocycles. The Morgan fingerprint density at radius 2 is 1.89 bits per heavy atom. The second kappa shape index (κ2) is 10.6. The van der Waals surface area contributed by atoms with Gasteiger partial charge < -0.3 is 31.9 Å². The SMILES string of the molecule is CCc1cc(C(=O)N[C@@H](CCC(=O)O)C(=O)O)ccc1N(C)Cc1cnc2nc(N)nc(N)c2n1. The third kappa shape index (κ3) is 6.07. The Bertz CT molecular complexity index is 1280. The van der Waals surface area contributed by atoms with Gasteiger partial charge >= 0.3 is 11.9 Å². The van der Waals surface area contributed by atoms with Crippen LogP contribution in [0.3, 0.4) is 0 Å². The highest BCUT2D eigenvalue weighted by molar-refractivity contribution is 5.97. The summed E-state index contributed by atoms with van der Waals surface area (Å²) in [6.07, 6.45) is 1.59. The van der Waals surface area contributed by atoms with Crippen molar-refractivity contribution in [3.05, 3.63) is 41.2 Å². The van der Waals surface area contributed by atoms with Crippen LogP contribution in [0.2, 0.25) is 0 Å². The highest BCUT2D eigenvalue weighted by Gasteiger charge is 2.22. The zero-order valence-electron chi connectivity index (χ0n) is 19.2. The molecule has 3 aromatic rings. The Morgan fingerprint density at radius 1 is 1.14 bits per heavy atom. The molecule has 1 amide bonds. The fourth-order valence-electron chi connectivity index (χ4n) is 3.54. The number of carboxylic acid groups (broad SMARTS) is 2. The van der Waals surface area contributed by atoms with Crippen LogP contribution in [0.25, 0.3) is 11.2 Å². The number of benzene rings is 1. The lowest BCUT2D eigenvalue weighted by Gasteiger charge is -2.23. The van der Waals surface area contributed by atoms with E-state index in [-0.39, 0.29) is 30.2 Å². The Labute approximate surface area is 200 Å². The van der Waals surface area contributed by atoms with Crippen LogP contribution in [0.5, 0.6) is 0 Å². The predicted molar refractivity (Wildman–Crippen MR) is 128 cm³/mol. The van der Waals surface area contributed by atoms with Crippen molar-refractivity contribution in [2.75, 3.05) is 23.4 Å². The molecule has 13 nitrogen and oxygen atoms in total. The van der Waals surface area contributed by atoms with E-state index in [9.17, 15) is 19.5 Å². The largest absolute Gasteiger partial charge is 0.481 e. The van der Waals surface area contributed by atoms with Crippen molar-refractivity contribution in [3.63, 3.8) is 0 Å². The number of aliphatic carboxylic acids is 2. The first-order chi connectivity index (χ1) is 16.6. The van der Waals surface area contributed by atoms with Gasteiger partial charge in [0.25, 0.3) is 5.91 Å². The number of nitrogens with two attached hydrogens (primary N) is 2. The molecule has 1 aromatic carbocycles. The first-order valence-corrected chi connectivity index (χ1v) is 10.7. The molecule has 0 aliphatic rings. The van der Waals surface area contributed by atoms with Gasteiger partial charge in [-0.1, -0.05) is 6.92 Å². The fourth-order valence-corrected chi connectivity index (χ4v) is 3.54. The number of aryl methyl sites for hydroxylation is 1. The van der Waals surface area contributed by atoms with E-state index in [1.54, 1.807) is 24.4 Å². The number of carbonyl (C=O) groups excluding carboxylic acids is 1. The molecule has 2 heterocycles. The van der Waals surface area contributed by atoms with Crippen molar-refractivity contribution >= 4 is 46.5 Å². The highest BCUT2D eigenvalue weighted by atomic mass is 16.4. The maximum atomic E-state index is 12.6. The summed E-state index contributed by atoms with van der Waals surface area (Å²) in [6.45, 7) is 2.31. The molecule has 13 heteroatoms. The van der Waals surface area contributed by atoms with E-state index >= 15 is 0 Å². The summed E-state index contributed by atoms with van der Waals surface area (Å²) < 4.78 is 0. The van der Waals surface area contributed by atoms with Crippen LogP contribution in [0.4, 0.5) is 17.5 Å². The van der Waals surface area contributed by atoms with E-state index in [0.717, 1.165) is 11.3 Å². The molecule has 0 fully saturated rings. The Morgan fingerprint density at radius 3 is 2.54 bits per heavy atom. The first-order valence-electron chi connectivity index (χ1n) is 10.7. The molecule has 0 bridgehead atoms. The molecule has 35 heavy (non-hydrogen) atoms. The van der Waals surface area contributed by atoms with Crippen LogP contribution in [-0.2, 0) is 22.6 Å². The van der Waals surface area contributed by atoms with Crippen molar-refractivity contribution in [1.29, 1.82) is 0 Å². The van der Waals surface area contributed by atoms with Crippen molar-refractivity contribution < 1.29 is 24.6 Å². The maximum Gasteiger partial charge on any atom is 0.326 e. The van der Waals surface area contributed by atoms with E-state index in [1.165, 1.54) is 0 Å². The first kappa shape index (κ1) is 25.1. The standard InChI is InChI=1S/C22H26N8O5/c1-3-11-8-12(20(33)27-14(21(34)35)5-7-16(31)32)4-6-15(11)30(2)10-13-9-25-19-17(26-13)18(23)28-22(24)29-19/h4,6,8-9,14H,3,5,7,10H2,1-2H3,(H,27,33)(H,31,32)(H,34,35)(H4,23,24,25,28,29)/t14-/m0/s1. The number of nitrogens with one attached hydrogen (secondary N) is 1. The number of carboxylic acids is 2. The average molecular weight is 483 g/mol. The molecule has 7 N–H and O–H groups in total. The second-order valence-corrected chi connectivity index (χ2v) is 7.85. The Hall–Kier alpha value is -4.55. The summed E-state index contributed by atoms with van der Waals surface area (Å²) in [5.41, 5.74) is 14.7. The zero-order chi connectivity index (χ0) is 25.7. The number of nitrogens with zero attached hydrogens (tertiary/aromatic N) is 5. The van der Waals surface area contributed by atoms with Crippen LogP contribution < -0.4 is 21.7 Å². The minimum Gasteiger partial charge on any atom is -0.481 e. The molecule has 184 valence electrons. The number of anilines is 3. The van der Waals surface area contributed by atoms with Gasteiger partial charge in [0.1, 0.15) is 6.04 Å². The van der Waals surface area contributed by atoms with Crippen molar-refractivity contribution in [2.45, 2.75) is 38.8 Å². The third-order valence-electron chi connectivity index (χ3n) is 5.28. The topological polar surface area (TPSA) is 211 Å². The zero-order valence-corrected chi connectivity index (χ0v) is 19.2. The molecule has 0 radical (unpaired) electrons. The lowest BCUT2D eigenvalue weighted by molar-refractivity contribution is -0.140. The quantitative estimate of drug-likeness (QED) is 0.272. The van der Waals surface area contributed by atoms with Gasteiger partial charge in [-0.2, -0.15) is 9.97 Å². The molecule has 0 spiro atoms. The third-order valence-corrected chi connectivity index (χ3v) is 5.28. The molecule has 0 aliphatic carbocycles. The van der Waals surface area contributed by atoms with Gasteiger partial charge in [-0.25, -0.2) is 14.8 Å². The lowest BCUT2D eigenvalue weighted by Crippen LogP contribution is -2.41. The summed E-state index contributed by atoms with van der Waals surface area (Å²) in [7, 11) is 1.86. The van der Waals surface area contributed by atoms with Crippen LogP contribution in [0.15, 0.2) is 24.4 Å². The van der Waals surface area contributed by atoms with Crippen molar-refractivity contribution in [1.82, 2.24) is 25.3 Å². The second-order valence-electron chi connectivity index (χ2n) is 7.85. The average Bonchev–Trinajstić information content (AvgIpc) is 2.81. The Kier molecular flexibility index (Phi) is 7.59. The number of nitrogen functional groups attached to an aromatic ring is 2. The summed E-state index contributed by atoms with van der Waals surface area (Å²) in [4.78, 5) is 53.4. The molecule has 3 rings (SSSR count). The molecular weight excluding hydrogens is 456 g/mol. The maximum absolute atomic E-state index is 12.6. The minimum atomic E-state index is -1.30. The number of hydrogen-bond acceptors (Lipinski definition) is 10. The monoisotopic (exact) mass is 482 g/mol. The number of hydrogen-bond donors (Lipinski definition) is 5. The van der Waals surface area contributed by atoms with E-state index in [4.69, 9.17) is 16.6 Å².